The summed E-state index contributed by atoms with van der Waals surface area (Å²) in [7, 11) is 1.33. The molecule has 0 bridgehead atoms. The van der Waals surface area contributed by atoms with Gasteiger partial charge < -0.3 is 15.0 Å². The Morgan fingerprint density at radius 1 is 1.43 bits per heavy atom. The van der Waals surface area contributed by atoms with Gasteiger partial charge in [-0.15, -0.1) is 0 Å². The number of carbonyl (C=O) groups is 1. The van der Waals surface area contributed by atoms with Gasteiger partial charge in [-0.1, -0.05) is 0 Å². The standard InChI is InChI=1S/C13H14F4N2O2/c1-21-11-4-9(14)2-3-10(11)18-12(20)19-6-8(7-19)5-13(15,16)17/h2-4,8H,5-7H2,1H3,(H,18,20). The first-order chi connectivity index (χ1) is 9.78. The van der Waals surface area contributed by atoms with Crippen molar-refractivity contribution in [2.24, 2.45) is 5.92 Å². The van der Waals surface area contributed by atoms with Gasteiger partial charge >= 0.3 is 12.2 Å². The lowest BCUT2D eigenvalue weighted by atomic mass is 9.96. The number of halogens is 4. The highest BCUT2D eigenvalue weighted by Crippen LogP contribution is 2.31. The largest absolute Gasteiger partial charge is 0.494 e. The van der Waals surface area contributed by atoms with E-state index in [2.05, 4.69) is 5.32 Å². The van der Waals surface area contributed by atoms with Gasteiger partial charge in [-0.25, -0.2) is 9.18 Å². The number of urea groups is 1. The molecule has 116 valence electrons. The molecule has 0 unspecified atom stereocenters. The number of alkyl halides is 3. The molecule has 0 atom stereocenters. The van der Waals surface area contributed by atoms with Crippen LogP contribution >= 0.6 is 0 Å². The van der Waals surface area contributed by atoms with Crippen LogP contribution in [0.4, 0.5) is 28.0 Å². The number of methoxy groups -OCH3 is 1. The van der Waals surface area contributed by atoms with Crippen molar-refractivity contribution in [1.82, 2.24) is 4.90 Å². The first-order valence-electron chi connectivity index (χ1n) is 6.24. The van der Waals surface area contributed by atoms with Crippen molar-refractivity contribution in [2.45, 2.75) is 12.6 Å². The number of hydrogen-bond acceptors (Lipinski definition) is 2. The minimum Gasteiger partial charge on any atom is -0.494 e. The van der Waals surface area contributed by atoms with Crippen molar-refractivity contribution in [3.63, 3.8) is 0 Å². The van der Waals surface area contributed by atoms with Crippen LogP contribution in [0.1, 0.15) is 6.42 Å². The van der Waals surface area contributed by atoms with E-state index < -0.39 is 30.4 Å². The molecule has 2 rings (SSSR count). The first kappa shape index (κ1) is 15.4. The lowest BCUT2D eigenvalue weighted by molar-refractivity contribution is -0.152. The Kier molecular flexibility index (Phi) is 4.24. The van der Waals surface area contributed by atoms with Crippen LogP contribution < -0.4 is 10.1 Å². The van der Waals surface area contributed by atoms with E-state index in [-0.39, 0.29) is 24.5 Å². The van der Waals surface area contributed by atoms with Crippen LogP contribution in [0.5, 0.6) is 5.75 Å². The summed E-state index contributed by atoms with van der Waals surface area (Å²) >= 11 is 0. The van der Waals surface area contributed by atoms with E-state index in [4.69, 9.17) is 4.74 Å². The smallest absolute Gasteiger partial charge is 0.389 e. The van der Waals surface area contributed by atoms with Gasteiger partial charge in [0.2, 0.25) is 0 Å². The Morgan fingerprint density at radius 3 is 2.67 bits per heavy atom. The Balaban J connectivity index is 1.89. The molecule has 21 heavy (non-hydrogen) atoms. The summed E-state index contributed by atoms with van der Waals surface area (Å²) < 4.78 is 54.4. The van der Waals surface area contributed by atoms with E-state index in [0.717, 1.165) is 12.1 Å². The zero-order valence-corrected chi connectivity index (χ0v) is 11.2. The molecule has 0 spiro atoms. The third-order valence-corrected chi connectivity index (χ3v) is 3.17. The average Bonchev–Trinajstić information content (AvgIpc) is 2.34. The quantitative estimate of drug-likeness (QED) is 0.871. The highest BCUT2D eigenvalue weighted by Gasteiger charge is 2.39. The molecule has 0 radical (unpaired) electrons. The van der Waals surface area contributed by atoms with Crippen molar-refractivity contribution in [3.8, 4) is 5.75 Å². The fourth-order valence-electron chi connectivity index (χ4n) is 2.15. The lowest BCUT2D eigenvalue weighted by Gasteiger charge is -2.39. The molecule has 1 heterocycles. The van der Waals surface area contributed by atoms with Crippen LogP contribution in [0.15, 0.2) is 18.2 Å². The number of carbonyl (C=O) groups excluding carboxylic acids is 1. The summed E-state index contributed by atoms with van der Waals surface area (Å²) in [6, 6.07) is 3.07. The van der Waals surface area contributed by atoms with Crippen LogP contribution in [-0.2, 0) is 0 Å². The van der Waals surface area contributed by atoms with Gasteiger partial charge in [-0.3, -0.25) is 0 Å². The minimum absolute atomic E-state index is 0.0504. The summed E-state index contributed by atoms with van der Waals surface area (Å²) in [5, 5.41) is 2.49. The molecule has 4 nitrogen and oxygen atoms in total. The Hall–Kier alpha value is -1.99. The molecule has 0 aromatic heterocycles. The molecule has 1 aromatic carbocycles. The molecule has 1 fully saturated rings. The predicted octanol–water partition coefficient (Wildman–Crippen LogP) is 3.25. The van der Waals surface area contributed by atoms with Gasteiger partial charge in [0, 0.05) is 31.5 Å². The Morgan fingerprint density at radius 2 is 2.10 bits per heavy atom. The molecule has 8 heteroatoms. The molecule has 2 amide bonds. The van der Waals surface area contributed by atoms with Crippen LogP contribution in [-0.4, -0.2) is 37.3 Å². The highest BCUT2D eigenvalue weighted by atomic mass is 19.4. The summed E-state index contributed by atoms with van der Waals surface area (Å²) in [5.74, 6) is -0.930. The second-order valence-corrected chi connectivity index (χ2v) is 4.87. The Labute approximate surface area is 118 Å². The van der Waals surface area contributed by atoms with Crippen molar-refractivity contribution >= 4 is 11.7 Å². The van der Waals surface area contributed by atoms with Crippen molar-refractivity contribution < 1.29 is 27.1 Å². The van der Waals surface area contributed by atoms with E-state index in [1.54, 1.807) is 0 Å². The minimum atomic E-state index is -4.21. The third kappa shape index (κ3) is 3.99. The fraction of sp³-hybridized carbons (Fsp3) is 0.462. The summed E-state index contributed by atoms with van der Waals surface area (Å²) in [4.78, 5) is 13.1. The van der Waals surface area contributed by atoms with E-state index in [9.17, 15) is 22.4 Å². The molecular formula is C13H14F4N2O2. The molecule has 0 saturated carbocycles. The molecular weight excluding hydrogens is 292 g/mol. The highest BCUT2D eigenvalue weighted by molar-refractivity contribution is 5.91. The van der Waals surface area contributed by atoms with E-state index in [1.165, 1.54) is 18.1 Å². The van der Waals surface area contributed by atoms with Crippen molar-refractivity contribution in [2.75, 3.05) is 25.5 Å². The lowest BCUT2D eigenvalue weighted by Crippen LogP contribution is -2.52. The first-order valence-corrected chi connectivity index (χ1v) is 6.24. The maximum absolute atomic E-state index is 13.0. The normalized spacial score (nSPS) is 15.6. The number of anilines is 1. The molecule has 1 aliphatic heterocycles. The number of benzene rings is 1. The number of ether oxygens (including phenoxy) is 1. The van der Waals surface area contributed by atoms with Gasteiger partial charge in [0.15, 0.2) is 0 Å². The monoisotopic (exact) mass is 306 g/mol. The zero-order valence-electron chi connectivity index (χ0n) is 11.2. The number of nitrogens with one attached hydrogen (secondary N) is 1. The van der Waals surface area contributed by atoms with Gasteiger partial charge in [0.1, 0.15) is 11.6 Å². The Bertz CT molecular complexity index is 527. The van der Waals surface area contributed by atoms with Crippen LogP contribution in [0.2, 0.25) is 0 Å². The topological polar surface area (TPSA) is 41.6 Å². The van der Waals surface area contributed by atoms with Gasteiger partial charge in [-0.2, -0.15) is 13.2 Å². The number of nitrogens with zero attached hydrogens (tertiary/aromatic N) is 1. The molecule has 1 N–H and O–H groups in total. The van der Waals surface area contributed by atoms with Crippen LogP contribution in [0.25, 0.3) is 0 Å². The fourth-order valence-corrected chi connectivity index (χ4v) is 2.15. The summed E-state index contributed by atoms with van der Waals surface area (Å²) in [6.45, 7) is 0.101. The summed E-state index contributed by atoms with van der Waals surface area (Å²) in [5.41, 5.74) is 0.267. The molecule has 1 saturated heterocycles. The van der Waals surface area contributed by atoms with Crippen molar-refractivity contribution in [1.29, 1.82) is 0 Å². The molecule has 0 aliphatic carbocycles. The second-order valence-electron chi connectivity index (χ2n) is 4.87. The van der Waals surface area contributed by atoms with E-state index >= 15 is 0 Å². The average molecular weight is 306 g/mol. The van der Waals surface area contributed by atoms with Gasteiger partial charge in [-0.05, 0) is 12.1 Å². The maximum Gasteiger partial charge on any atom is 0.389 e. The number of amides is 2. The SMILES string of the molecule is COc1cc(F)ccc1NC(=O)N1CC(CC(F)(F)F)C1. The zero-order chi connectivity index (χ0) is 15.6. The predicted molar refractivity (Wildman–Crippen MR) is 67.7 cm³/mol. The number of hydrogen-bond donors (Lipinski definition) is 1. The molecule has 1 aromatic rings. The number of likely N-dealkylation sites (tertiary alicyclic amines) is 1. The molecule has 1 aliphatic rings. The van der Waals surface area contributed by atoms with Gasteiger partial charge in [0.05, 0.1) is 12.8 Å². The number of rotatable bonds is 3. The van der Waals surface area contributed by atoms with E-state index in [1.807, 2.05) is 0 Å². The van der Waals surface area contributed by atoms with Gasteiger partial charge in [0.25, 0.3) is 0 Å². The van der Waals surface area contributed by atoms with E-state index in [0.29, 0.717) is 0 Å². The van der Waals surface area contributed by atoms with Crippen LogP contribution in [0, 0.1) is 11.7 Å². The second kappa shape index (κ2) is 5.79. The summed E-state index contributed by atoms with van der Waals surface area (Å²) in [6.07, 6.45) is -5.11. The maximum atomic E-state index is 13.0. The van der Waals surface area contributed by atoms with Crippen LogP contribution in [0.3, 0.4) is 0 Å². The van der Waals surface area contributed by atoms with Crippen molar-refractivity contribution in [3.05, 3.63) is 24.0 Å². The third-order valence-electron chi connectivity index (χ3n) is 3.17.